The van der Waals surface area contributed by atoms with Gasteiger partial charge in [0.1, 0.15) is 11.7 Å². The van der Waals surface area contributed by atoms with E-state index >= 15 is 0 Å². The number of aromatic nitrogens is 4. The van der Waals surface area contributed by atoms with Crippen LogP contribution in [0.15, 0.2) is 66.9 Å². The van der Waals surface area contributed by atoms with Crippen molar-refractivity contribution in [1.82, 2.24) is 25.3 Å². The summed E-state index contributed by atoms with van der Waals surface area (Å²) in [4.78, 5) is 26.5. The first-order valence-corrected chi connectivity index (χ1v) is 11.4. The van der Waals surface area contributed by atoms with Crippen LogP contribution in [0.1, 0.15) is 38.9 Å². The molecule has 2 atom stereocenters. The van der Waals surface area contributed by atoms with Gasteiger partial charge in [-0.15, -0.1) is 0 Å². The third kappa shape index (κ3) is 4.26. The van der Waals surface area contributed by atoms with Crippen molar-refractivity contribution >= 4 is 23.6 Å². The molecule has 0 unspecified atom stereocenters. The number of nitrogens with one attached hydrogen (secondary N) is 3. The maximum Gasteiger partial charge on any atom is 0.270 e. The van der Waals surface area contributed by atoms with Crippen LogP contribution in [0.4, 0.5) is 5.69 Å². The molecule has 2 aromatic heterocycles. The molecule has 3 N–H and O–H groups in total. The number of benzene rings is 2. The lowest BCUT2D eigenvalue weighted by Gasteiger charge is -2.24. The van der Waals surface area contributed by atoms with Crippen molar-refractivity contribution in [2.24, 2.45) is 7.05 Å². The Balaban J connectivity index is 1.40. The molecule has 2 aromatic carbocycles. The number of carbonyl (C=O) groups excluding carboxylic acids is 2. The summed E-state index contributed by atoms with van der Waals surface area (Å²) in [5.74, 6) is -0.946. The van der Waals surface area contributed by atoms with Crippen LogP contribution in [0.2, 0.25) is 0 Å². The number of amides is 2. The van der Waals surface area contributed by atoms with Gasteiger partial charge in [0, 0.05) is 36.1 Å². The summed E-state index contributed by atoms with van der Waals surface area (Å²) < 4.78 is 1.49. The van der Waals surface area contributed by atoms with Crippen LogP contribution in [0, 0.1) is 13.8 Å². The first-order valence-electron chi connectivity index (χ1n) is 11.4. The lowest BCUT2D eigenvalue weighted by Crippen LogP contribution is -2.47. The Kier molecular flexibility index (Phi) is 5.78. The Labute approximate surface area is 203 Å². The lowest BCUT2D eigenvalue weighted by molar-refractivity contribution is -0.118. The molecule has 0 aliphatic heterocycles. The smallest absolute Gasteiger partial charge is 0.270 e. The zero-order valence-electron chi connectivity index (χ0n) is 19.7. The molecule has 2 amide bonds. The standard InChI is InChI=1S/C27H26N6O2/c1-16-24(17(2)32-31-16)19-8-11-20(12-9-19)29-27(35)25(30-26(34)23-14-15-28-33(23)3)22-13-10-18-6-4-5-7-21(18)22/h4-15,22,25H,1-3H3,(H,29,35)(H,30,34)(H,31,32)/t22-,25-/m0/s1. The molecule has 0 saturated carbocycles. The summed E-state index contributed by atoms with van der Waals surface area (Å²) in [5, 5.41) is 17.2. The van der Waals surface area contributed by atoms with E-state index in [9.17, 15) is 9.59 Å². The molecule has 0 radical (unpaired) electrons. The van der Waals surface area contributed by atoms with Crippen molar-refractivity contribution in [3.63, 3.8) is 0 Å². The highest BCUT2D eigenvalue weighted by molar-refractivity contribution is 6.01. The molecular weight excluding hydrogens is 440 g/mol. The second-order valence-electron chi connectivity index (χ2n) is 8.68. The lowest BCUT2D eigenvalue weighted by atomic mass is 9.92. The summed E-state index contributed by atoms with van der Waals surface area (Å²) in [5.41, 5.74) is 7.05. The van der Waals surface area contributed by atoms with Crippen LogP contribution in [-0.2, 0) is 11.8 Å². The molecule has 0 fully saturated rings. The van der Waals surface area contributed by atoms with Crippen LogP contribution in [0.3, 0.4) is 0 Å². The third-order valence-electron chi connectivity index (χ3n) is 6.39. The molecule has 5 rings (SSSR count). The molecular formula is C27H26N6O2. The van der Waals surface area contributed by atoms with E-state index in [4.69, 9.17) is 0 Å². The number of rotatable bonds is 6. The fourth-order valence-corrected chi connectivity index (χ4v) is 4.61. The van der Waals surface area contributed by atoms with E-state index in [1.165, 1.54) is 4.68 Å². The quantitative estimate of drug-likeness (QED) is 0.400. The van der Waals surface area contributed by atoms with Gasteiger partial charge in [-0.1, -0.05) is 48.6 Å². The van der Waals surface area contributed by atoms with E-state index in [2.05, 4.69) is 25.9 Å². The summed E-state index contributed by atoms with van der Waals surface area (Å²) in [6, 6.07) is 16.3. The molecule has 8 heteroatoms. The summed E-state index contributed by atoms with van der Waals surface area (Å²) in [7, 11) is 1.69. The average molecular weight is 467 g/mol. The Morgan fingerprint density at radius 1 is 1.06 bits per heavy atom. The minimum Gasteiger partial charge on any atom is -0.338 e. The SMILES string of the molecule is Cc1n[nH]c(C)c1-c1ccc(NC(=O)[C@@H](NC(=O)c2ccnn2C)[C@H]2C=Cc3ccccc32)cc1. The zero-order valence-corrected chi connectivity index (χ0v) is 19.7. The topological polar surface area (TPSA) is 105 Å². The third-order valence-corrected chi connectivity index (χ3v) is 6.39. The average Bonchev–Trinajstić information content (AvgIpc) is 3.56. The van der Waals surface area contributed by atoms with Crippen molar-refractivity contribution in [1.29, 1.82) is 0 Å². The van der Waals surface area contributed by atoms with Crippen molar-refractivity contribution in [3.8, 4) is 11.1 Å². The Morgan fingerprint density at radius 2 is 1.83 bits per heavy atom. The van der Waals surface area contributed by atoms with Gasteiger partial charge in [-0.25, -0.2) is 0 Å². The van der Waals surface area contributed by atoms with Gasteiger partial charge < -0.3 is 10.6 Å². The van der Waals surface area contributed by atoms with Crippen LogP contribution >= 0.6 is 0 Å². The largest absolute Gasteiger partial charge is 0.338 e. The van der Waals surface area contributed by atoms with Gasteiger partial charge in [0.15, 0.2) is 0 Å². The molecule has 0 saturated heterocycles. The Morgan fingerprint density at radius 3 is 2.51 bits per heavy atom. The molecule has 2 heterocycles. The van der Waals surface area contributed by atoms with Gasteiger partial charge in [0.2, 0.25) is 5.91 Å². The number of H-pyrrole nitrogens is 1. The second kappa shape index (κ2) is 9.06. The molecule has 0 spiro atoms. The number of aryl methyl sites for hydroxylation is 3. The Bertz CT molecular complexity index is 1410. The molecule has 4 aromatic rings. The number of anilines is 1. The first-order chi connectivity index (χ1) is 16.9. The molecule has 0 bridgehead atoms. The fraction of sp³-hybridized carbons (Fsp3) is 0.185. The highest BCUT2D eigenvalue weighted by Gasteiger charge is 2.33. The van der Waals surface area contributed by atoms with Gasteiger partial charge in [0.25, 0.3) is 5.91 Å². The van der Waals surface area contributed by atoms with Crippen molar-refractivity contribution in [2.75, 3.05) is 5.32 Å². The molecule has 1 aliphatic carbocycles. The van der Waals surface area contributed by atoms with Gasteiger partial charge in [0.05, 0.1) is 5.69 Å². The Hall–Kier alpha value is -4.46. The van der Waals surface area contributed by atoms with E-state index in [0.717, 1.165) is 33.6 Å². The minimum atomic E-state index is -0.810. The van der Waals surface area contributed by atoms with Crippen molar-refractivity contribution in [2.45, 2.75) is 25.8 Å². The predicted octanol–water partition coefficient (Wildman–Crippen LogP) is 3.97. The van der Waals surface area contributed by atoms with Crippen LogP contribution in [0.25, 0.3) is 17.2 Å². The predicted molar refractivity (Wildman–Crippen MR) is 135 cm³/mol. The highest BCUT2D eigenvalue weighted by Crippen LogP contribution is 2.33. The highest BCUT2D eigenvalue weighted by atomic mass is 16.2. The maximum absolute atomic E-state index is 13.5. The van der Waals surface area contributed by atoms with Crippen molar-refractivity contribution in [3.05, 3.63) is 95.1 Å². The monoisotopic (exact) mass is 466 g/mol. The van der Waals surface area contributed by atoms with Crippen molar-refractivity contribution < 1.29 is 9.59 Å². The van der Waals surface area contributed by atoms with Gasteiger partial charge in [-0.3, -0.25) is 19.4 Å². The minimum absolute atomic E-state index is 0.293. The van der Waals surface area contributed by atoms with E-state index in [1.807, 2.05) is 74.5 Å². The van der Waals surface area contributed by atoms with E-state index < -0.39 is 6.04 Å². The molecule has 1 aliphatic rings. The molecule has 176 valence electrons. The van der Waals surface area contributed by atoms with E-state index in [0.29, 0.717) is 11.4 Å². The number of fused-ring (bicyclic) bond motifs is 1. The number of aromatic amines is 1. The van der Waals surface area contributed by atoms with E-state index in [-0.39, 0.29) is 17.7 Å². The zero-order chi connectivity index (χ0) is 24.5. The van der Waals surface area contributed by atoms with Crippen LogP contribution in [0.5, 0.6) is 0 Å². The fourth-order valence-electron chi connectivity index (χ4n) is 4.61. The normalized spacial score (nSPS) is 15.0. The summed E-state index contributed by atoms with van der Waals surface area (Å²) in [6.07, 6.45) is 5.51. The number of carbonyl (C=O) groups is 2. The summed E-state index contributed by atoms with van der Waals surface area (Å²) >= 11 is 0. The number of nitrogens with zero attached hydrogens (tertiary/aromatic N) is 3. The molecule has 35 heavy (non-hydrogen) atoms. The number of hydrogen-bond acceptors (Lipinski definition) is 4. The van der Waals surface area contributed by atoms with Crippen LogP contribution in [-0.4, -0.2) is 37.8 Å². The molecule has 8 nitrogen and oxygen atoms in total. The van der Waals surface area contributed by atoms with Gasteiger partial charge >= 0.3 is 0 Å². The summed E-state index contributed by atoms with van der Waals surface area (Å²) in [6.45, 7) is 3.94. The van der Waals surface area contributed by atoms with E-state index in [1.54, 1.807) is 19.3 Å². The second-order valence-corrected chi connectivity index (χ2v) is 8.68. The maximum atomic E-state index is 13.5. The van der Waals surface area contributed by atoms with Gasteiger partial charge in [-0.2, -0.15) is 10.2 Å². The number of hydrogen-bond donors (Lipinski definition) is 3. The first kappa shape index (κ1) is 22.3. The van der Waals surface area contributed by atoms with Crippen LogP contribution < -0.4 is 10.6 Å². The van der Waals surface area contributed by atoms with Gasteiger partial charge in [-0.05, 0) is 48.7 Å².